The zero-order valence-electron chi connectivity index (χ0n) is 13.3. The minimum Gasteiger partial charge on any atom is -0.357 e. The molecular formula is C16H16F3N5S. The number of anilines is 1. The van der Waals surface area contributed by atoms with Crippen molar-refractivity contribution in [2.45, 2.75) is 31.6 Å². The van der Waals surface area contributed by atoms with E-state index < -0.39 is 11.7 Å². The van der Waals surface area contributed by atoms with Gasteiger partial charge in [-0.05, 0) is 24.5 Å². The molecule has 2 aromatic rings. The summed E-state index contributed by atoms with van der Waals surface area (Å²) >= 11 is 1.22. The lowest BCUT2D eigenvalue weighted by Crippen LogP contribution is -2.38. The molecule has 1 saturated heterocycles. The molecule has 1 aromatic carbocycles. The van der Waals surface area contributed by atoms with Crippen LogP contribution in [0.3, 0.4) is 0 Å². The molecule has 9 heteroatoms. The molecule has 0 atom stereocenters. The van der Waals surface area contributed by atoms with Crippen molar-refractivity contribution in [3.05, 3.63) is 40.4 Å². The summed E-state index contributed by atoms with van der Waals surface area (Å²) < 4.78 is 38.3. The maximum absolute atomic E-state index is 12.8. The first-order chi connectivity index (χ1) is 11.9. The third-order valence-electron chi connectivity index (χ3n) is 4.10. The first-order valence-corrected chi connectivity index (χ1v) is 8.64. The molecule has 2 heterocycles. The number of likely N-dealkylation sites (tertiary alicyclic amines) is 1. The molecule has 0 unspecified atom stereocenters. The Bertz CT molecular complexity index is 760. The highest BCUT2D eigenvalue weighted by Gasteiger charge is 2.30. The molecule has 0 aliphatic carbocycles. The monoisotopic (exact) mass is 367 g/mol. The SMILES string of the molecule is N#Cc1nnc(NC2CCN(Cc3cccc(C(F)(F)F)c3)CC2)s1. The summed E-state index contributed by atoms with van der Waals surface area (Å²) in [5, 5.41) is 20.6. The third-order valence-corrected chi connectivity index (χ3v) is 4.86. The first-order valence-electron chi connectivity index (χ1n) is 7.82. The fraction of sp³-hybridized carbons (Fsp3) is 0.438. The molecule has 1 N–H and O–H groups in total. The lowest BCUT2D eigenvalue weighted by atomic mass is 10.0. The number of piperidine rings is 1. The van der Waals surface area contributed by atoms with E-state index in [2.05, 4.69) is 20.4 Å². The third kappa shape index (κ3) is 4.67. The minimum atomic E-state index is -4.31. The average molecular weight is 367 g/mol. The zero-order valence-corrected chi connectivity index (χ0v) is 14.1. The van der Waals surface area contributed by atoms with Gasteiger partial charge >= 0.3 is 6.18 Å². The molecule has 3 rings (SSSR count). The molecule has 0 spiro atoms. The van der Waals surface area contributed by atoms with Gasteiger partial charge in [0, 0.05) is 25.7 Å². The van der Waals surface area contributed by atoms with Gasteiger partial charge in [-0.25, -0.2) is 0 Å². The number of halogens is 3. The largest absolute Gasteiger partial charge is 0.416 e. The molecule has 1 aromatic heterocycles. The van der Waals surface area contributed by atoms with Crippen molar-refractivity contribution in [2.75, 3.05) is 18.4 Å². The van der Waals surface area contributed by atoms with Crippen molar-refractivity contribution < 1.29 is 13.2 Å². The van der Waals surface area contributed by atoms with Crippen LogP contribution >= 0.6 is 11.3 Å². The van der Waals surface area contributed by atoms with Crippen LogP contribution in [0.2, 0.25) is 0 Å². The number of nitrogens with one attached hydrogen (secondary N) is 1. The topological polar surface area (TPSA) is 64.8 Å². The second-order valence-electron chi connectivity index (χ2n) is 5.92. The Balaban J connectivity index is 1.52. The van der Waals surface area contributed by atoms with Crippen LogP contribution in [0, 0.1) is 11.3 Å². The van der Waals surface area contributed by atoms with E-state index in [9.17, 15) is 13.2 Å². The Labute approximate surface area is 147 Å². The number of benzene rings is 1. The van der Waals surface area contributed by atoms with Crippen LogP contribution in [-0.4, -0.2) is 34.2 Å². The predicted octanol–water partition coefficient (Wildman–Crippen LogP) is 3.51. The van der Waals surface area contributed by atoms with Gasteiger partial charge in [-0.1, -0.05) is 29.5 Å². The standard InChI is InChI=1S/C16H16F3N5S/c17-16(18,19)12-3-1-2-11(8-12)10-24-6-4-13(5-7-24)21-15-23-22-14(9-20)25-15/h1-3,8,13H,4-7,10H2,(H,21,23). The van der Waals surface area contributed by atoms with Crippen molar-refractivity contribution in [3.8, 4) is 6.07 Å². The number of hydrogen-bond acceptors (Lipinski definition) is 6. The van der Waals surface area contributed by atoms with E-state index in [1.807, 2.05) is 6.07 Å². The van der Waals surface area contributed by atoms with Crippen LogP contribution in [0.5, 0.6) is 0 Å². The highest BCUT2D eigenvalue weighted by molar-refractivity contribution is 7.15. The lowest BCUT2D eigenvalue weighted by molar-refractivity contribution is -0.137. The highest BCUT2D eigenvalue weighted by Crippen LogP contribution is 2.30. The van der Waals surface area contributed by atoms with E-state index in [1.165, 1.54) is 23.5 Å². The van der Waals surface area contributed by atoms with Gasteiger partial charge < -0.3 is 5.32 Å². The summed E-state index contributed by atoms with van der Waals surface area (Å²) in [6.45, 7) is 2.09. The van der Waals surface area contributed by atoms with Crippen LogP contribution in [0.15, 0.2) is 24.3 Å². The van der Waals surface area contributed by atoms with E-state index >= 15 is 0 Å². The van der Waals surface area contributed by atoms with Gasteiger partial charge in [0.05, 0.1) is 5.56 Å². The lowest BCUT2D eigenvalue weighted by Gasteiger charge is -2.32. The van der Waals surface area contributed by atoms with Crippen molar-refractivity contribution in [1.29, 1.82) is 5.26 Å². The predicted molar refractivity (Wildman–Crippen MR) is 88.0 cm³/mol. The van der Waals surface area contributed by atoms with Crippen molar-refractivity contribution >= 4 is 16.5 Å². The zero-order chi connectivity index (χ0) is 17.9. The van der Waals surface area contributed by atoms with Crippen molar-refractivity contribution in [2.24, 2.45) is 0 Å². The van der Waals surface area contributed by atoms with Gasteiger partial charge in [-0.3, -0.25) is 4.90 Å². The molecule has 0 amide bonds. The van der Waals surface area contributed by atoms with Gasteiger partial charge in [0.2, 0.25) is 10.1 Å². The molecule has 5 nitrogen and oxygen atoms in total. The summed E-state index contributed by atoms with van der Waals surface area (Å²) in [5.41, 5.74) is 0.0649. The fourth-order valence-electron chi connectivity index (χ4n) is 2.84. The summed E-state index contributed by atoms with van der Waals surface area (Å²) in [7, 11) is 0. The molecule has 0 saturated carbocycles. The van der Waals surface area contributed by atoms with Gasteiger partial charge in [-0.15, -0.1) is 10.2 Å². The van der Waals surface area contributed by atoms with Gasteiger partial charge in [0.1, 0.15) is 6.07 Å². The number of nitrogens with zero attached hydrogens (tertiary/aromatic N) is 4. The first kappa shape index (κ1) is 17.6. The second kappa shape index (κ2) is 7.37. The Morgan fingerprint density at radius 2 is 2.04 bits per heavy atom. The molecule has 1 fully saturated rings. The van der Waals surface area contributed by atoms with Crippen LogP contribution < -0.4 is 5.32 Å². The molecule has 0 bridgehead atoms. The summed E-state index contributed by atoms with van der Waals surface area (Å²) in [4.78, 5) is 2.15. The minimum absolute atomic E-state index is 0.234. The molecule has 0 radical (unpaired) electrons. The highest BCUT2D eigenvalue weighted by atomic mass is 32.1. The van der Waals surface area contributed by atoms with E-state index in [-0.39, 0.29) is 6.04 Å². The fourth-order valence-corrected chi connectivity index (χ4v) is 3.46. The average Bonchev–Trinajstić information content (AvgIpc) is 3.04. The van der Waals surface area contributed by atoms with Crippen LogP contribution in [0.25, 0.3) is 0 Å². The van der Waals surface area contributed by atoms with Crippen LogP contribution in [0.1, 0.15) is 29.0 Å². The number of nitriles is 1. The summed E-state index contributed by atoms with van der Waals surface area (Å²) in [5.74, 6) is 0. The van der Waals surface area contributed by atoms with Crippen LogP contribution in [0.4, 0.5) is 18.3 Å². The van der Waals surface area contributed by atoms with E-state index in [0.29, 0.717) is 22.2 Å². The smallest absolute Gasteiger partial charge is 0.357 e. The number of hydrogen-bond donors (Lipinski definition) is 1. The van der Waals surface area contributed by atoms with Gasteiger partial charge in [-0.2, -0.15) is 18.4 Å². The molecule has 25 heavy (non-hydrogen) atoms. The van der Waals surface area contributed by atoms with Crippen LogP contribution in [-0.2, 0) is 12.7 Å². The number of rotatable bonds is 4. The number of alkyl halides is 3. The van der Waals surface area contributed by atoms with E-state index in [0.717, 1.165) is 32.0 Å². The maximum Gasteiger partial charge on any atom is 0.416 e. The van der Waals surface area contributed by atoms with Gasteiger partial charge in [0.15, 0.2) is 0 Å². The van der Waals surface area contributed by atoms with Crippen molar-refractivity contribution in [3.63, 3.8) is 0 Å². The Morgan fingerprint density at radius 3 is 2.68 bits per heavy atom. The molecular weight excluding hydrogens is 351 g/mol. The Morgan fingerprint density at radius 1 is 1.28 bits per heavy atom. The maximum atomic E-state index is 12.8. The molecule has 1 aliphatic heterocycles. The summed E-state index contributed by atoms with van der Waals surface area (Å²) in [6.07, 6.45) is -2.59. The Hall–Kier alpha value is -2.18. The van der Waals surface area contributed by atoms with Gasteiger partial charge in [0.25, 0.3) is 0 Å². The second-order valence-corrected chi connectivity index (χ2v) is 6.89. The quantitative estimate of drug-likeness (QED) is 0.896. The molecule has 1 aliphatic rings. The number of aromatic nitrogens is 2. The van der Waals surface area contributed by atoms with E-state index in [1.54, 1.807) is 6.07 Å². The molecule has 132 valence electrons. The van der Waals surface area contributed by atoms with E-state index in [4.69, 9.17) is 5.26 Å². The normalized spacial score (nSPS) is 16.6. The Kier molecular flexibility index (Phi) is 5.20. The van der Waals surface area contributed by atoms with Crippen molar-refractivity contribution in [1.82, 2.24) is 15.1 Å². The summed E-state index contributed by atoms with van der Waals surface area (Å²) in [6, 6.07) is 7.68.